The van der Waals surface area contributed by atoms with Crippen molar-refractivity contribution in [2.24, 2.45) is 5.92 Å². The molecule has 0 spiro atoms. The lowest BCUT2D eigenvalue weighted by molar-refractivity contribution is -0.109. The molecule has 0 aromatic carbocycles. The Morgan fingerprint density at radius 2 is 1.44 bits per heavy atom. The number of carbonyl (C=O) groups is 1. The van der Waals surface area contributed by atoms with Gasteiger partial charge in [0, 0.05) is 6.54 Å². The third kappa shape index (κ3) is 8.75. The third-order valence-corrected chi connectivity index (χ3v) is 3.46. The van der Waals surface area contributed by atoms with E-state index in [0.717, 1.165) is 25.3 Å². The van der Waals surface area contributed by atoms with Gasteiger partial charge in [0.25, 0.3) is 0 Å². The molecule has 0 unspecified atom stereocenters. The highest BCUT2D eigenvalue weighted by molar-refractivity contribution is 5.45. The van der Waals surface area contributed by atoms with E-state index in [1.165, 1.54) is 64.2 Å². The van der Waals surface area contributed by atoms with Crippen LogP contribution in [0.1, 0.15) is 70.6 Å². The second-order valence-corrected chi connectivity index (χ2v) is 5.13. The molecule has 0 bridgehead atoms. The van der Waals surface area contributed by atoms with E-state index in [1.54, 1.807) is 0 Å². The predicted octanol–water partition coefficient (Wildman–Crippen LogP) is 3.65. The summed E-state index contributed by atoms with van der Waals surface area (Å²) in [5, 5.41) is 2.70. The Labute approximate surface area is 100 Å². The smallest absolute Gasteiger partial charge is 0.207 e. The Morgan fingerprint density at radius 1 is 0.875 bits per heavy atom. The molecule has 0 aromatic rings. The number of hydrogen-bond acceptors (Lipinski definition) is 1. The minimum atomic E-state index is 0.792. The van der Waals surface area contributed by atoms with Crippen LogP contribution in [0.25, 0.3) is 0 Å². The van der Waals surface area contributed by atoms with Crippen LogP contribution in [0.4, 0.5) is 0 Å². The molecule has 0 aromatic heterocycles. The number of hydrogen-bond donors (Lipinski definition) is 1. The zero-order chi connectivity index (χ0) is 11.5. The maximum Gasteiger partial charge on any atom is 0.207 e. The molecule has 0 aliphatic heterocycles. The van der Waals surface area contributed by atoms with Gasteiger partial charge in [-0.1, -0.05) is 64.2 Å². The molecule has 2 nitrogen and oxygen atoms in total. The normalized spacial score (nSPS) is 15.0. The number of unbranched alkanes of at least 4 members (excludes halogenated alkanes) is 7. The lowest BCUT2D eigenvalue weighted by Crippen LogP contribution is -2.11. The lowest BCUT2D eigenvalue weighted by atomic mass is 10.1. The van der Waals surface area contributed by atoms with Crippen molar-refractivity contribution in [3.63, 3.8) is 0 Å². The van der Waals surface area contributed by atoms with E-state index < -0.39 is 0 Å². The van der Waals surface area contributed by atoms with Crippen molar-refractivity contribution in [1.29, 1.82) is 0 Å². The van der Waals surface area contributed by atoms with E-state index in [0.29, 0.717) is 0 Å². The van der Waals surface area contributed by atoms with E-state index in [9.17, 15) is 4.79 Å². The highest BCUT2D eigenvalue weighted by Gasteiger charge is 2.19. The van der Waals surface area contributed by atoms with Crippen LogP contribution in [-0.2, 0) is 4.79 Å². The fraction of sp³-hybridized carbons (Fsp3) is 0.929. The Bertz CT molecular complexity index is 166. The molecule has 1 aliphatic carbocycles. The summed E-state index contributed by atoms with van der Waals surface area (Å²) in [6.45, 7) is 0.852. The fourth-order valence-corrected chi connectivity index (χ4v) is 2.19. The molecule has 2 heteroatoms. The van der Waals surface area contributed by atoms with Gasteiger partial charge in [-0.25, -0.2) is 0 Å². The van der Waals surface area contributed by atoms with Crippen molar-refractivity contribution in [3.05, 3.63) is 0 Å². The minimum absolute atomic E-state index is 0.792. The number of nitrogens with one attached hydrogen (secondary N) is 1. The van der Waals surface area contributed by atoms with Crippen LogP contribution < -0.4 is 5.32 Å². The molecule has 1 rings (SSSR count). The van der Waals surface area contributed by atoms with Crippen molar-refractivity contribution in [2.45, 2.75) is 70.6 Å². The van der Waals surface area contributed by atoms with Gasteiger partial charge in [-0.3, -0.25) is 4.79 Å². The van der Waals surface area contributed by atoms with Gasteiger partial charge < -0.3 is 5.32 Å². The Morgan fingerprint density at radius 3 is 2.00 bits per heavy atom. The first-order valence-corrected chi connectivity index (χ1v) is 7.10. The molecule has 0 saturated heterocycles. The summed E-state index contributed by atoms with van der Waals surface area (Å²) in [5.41, 5.74) is 0. The summed E-state index contributed by atoms with van der Waals surface area (Å²) in [6.07, 6.45) is 16.2. The fourth-order valence-electron chi connectivity index (χ4n) is 2.19. The average Bonchev–Trinajstić information content (AvgIpc) is 3.10. The quantitative estimate of drug-likeness (QED) is 0.398. The van der Waals surface area contributed by atoms with E-state index in [4.69, 9.17) is 0 Å². The summed E-state index contributed by atoms with van der Waals surface area (Å²) in [5.74, 6) is 1.12. The van der Waals surface area contributed by atoms with Gasteiger partial charge in [0.2, 0.25) is 6.41 Å². The molecule has 1 amide bonds. The average molecular weight is 225 g/mol. The molecule has 1 fully saturated rings. The largest absolute Gasteiger partial charge is 0.359 e. The Kier molecular flexibility index (Phi) is 8.19. The van der Waals surface area contributed by atoms with Gasteiger partial charge in [0.15, 0.2) is 0 Å². The van der Waals surface area contributed by atoms with E-state index in [1.807, 2.05) is 0 Å². The minimum Gasteiger partial charge on any atom is -0.359 e. The zero-order valence-electron chi connectivity index (χ0n) is 10.5. The Hall–Kier alpha value is -0.530. The van der Waals surface area contributed by atoms with Crippen LogP contribution in [0.3, 0.4) is 0 Å². The van der Waals surface area contributed by atoms with Crippen molar-refractivity contribution >= 4 is 6.41 Å². The first-order chi connectivity index (χ1) is 7.93. The third-order valence-electron chi connectivity index (χ3n) is 3.46. The number of carbonyl (C=O) groups excluding carboxylic acids is 1. The van der Waals surface area contributed by atoms with Crippen molar-refractivity contribution in [1.82, 2.24) is 5.32 Å². The summed E-state index contributed by atoms with van der Waals surface area (Å²) in [7, 11) is 0. The van der Waals surface area contributed by atoms with Gasteiger partial charge in [0.1, 0.15) is 0 Å². The monoisotopic (exact) mass is 225 g/mol. The van der Waals surface area contributed by atoms with Gasteiger partial charge in [-0.15, -0.1) is 0 Å². The van der Waals surface area contributed by atoms with Crippen LogP contribution in [0.2, 0.25) is 0 Å². The predicted molar refractivity (Wildman–Crippen MR) is 68.3 cm³/mol. The maximum absolute atomic E-state index is 9.98. The molecule has 0 atom stereocenters. The van der Waals surface area contributed by atoms with E-state index in [2.05, 4.69) is 5.32 Å². The molecular weight excluding hydrogens is 198 g/mol. The summed E-state index contributed by atoms with van der Waals surface area (Å²) < 4.78 is 0. The second-order valence-electron chi connectivity index (χ2n) is 5.13. The topological polar surface area (TPSA) is 29.1 Å². The van der Waals surface area contributed by atoms with Crippen LogP contribution in [0.15, 0.2) is 0 Å². The Balaban J connectivity index is 1.63. The molecule has 16 heavy (non-hydrogen) atoms. The van der Waals surface area contributed by atoms with Crippen molar-refractivity contribution < 1.29 is 4.79 Å². The highest BCUT2D eigenvalue weighted by atomic mass is 16.1. The van der Waals surface area contributed by atoms with Gasteiger partial charge >= 0.3 is 0 Å². The van der Waals surface area contributed by atoms with Gasteiger partial charge in [-0.05, 0) is 12.3 Å². The summed E-state index contributed by atoms with van der Waals surface area (Å²) in [4.78, 5) is 9.98. The molecule has 1 N–H and O–H groups in total. The molecule has 1 saturated carbocycles. The molecule has 1 aliphatic rings. The van der Waals surface area contributed by atoms with Crippen LogP contribution in [0.5, 0.6) is 0 Å². The van der Waals surface area contributed by atoms with Gasteiger partial charge in [0.05, 0.1) is 0 Å². The summed E-state index contributed by atoms with van der Waals surface area (Å²) >= 11 is 0. The maximum atomic E-state index is 9.98. The lowest BCUT2D eigenvalue weighted by Gasteiger charge is -2.02. The first-order valence-electron chi connectivity index (χ1n) is 7.10. The number of rotatable bonds is 12. The molecule has 94 valence electrons. The molecule has 0 heterocycles. The highest BCUT2D eigenvalue weighted by Crippen LogP contribution is 2.34. The number of amides is 1. The SMILES string of the molecule is O=CNCCCCCCCCCCC1CC1. The van der Waals surface area contributed by atoms with Crippen LogP contribution in [-0.4, -0.2) is 13.0 Å². The standard InChI is InChI=1S/C14H27NO/c16-13-15-12-8-6-4-2-1-3-5-7-9-14-10-11-14/h13-14H,1-12H2,(H,15,16). The first kappa shape index (κ1) is 13.5. The molecule has 0 radical (unpaired) electrons. The van der Waals surface area contributed by atoms with Crippen LogP contribution >= 0.6 is 0 Å². The zero-order valence-corrected chi connectivity index (χ0v) is 10.5. The molecular formula is C14H27NO. The second kappa shape index (κ2) is 9.68. The van der Waals surface area contributed by atoms with Crippen molar-refractivity contribution in [3.8, 4) is 0 Å². The van der Waals surface area contributed by atoms with E-state index >= 15 is 0 Å². The van der Waals surface area contributed by atoms with E-state index in [-0.39, 0.29) is 0 Å². The van der Waals surface area contributed by atoms with Crippen LogP contribution in [0, 0.1) is 5.92 Å². The summed E-state index contributed by atoms with van der Waals surface area (Å²) in [6, 6.07) is 0. The van der Waals surface area contributed by atoms with Gasteiger partial charge in [-0.2, -0.15) is 0 Å². The van der Waals surface area contributed by atoms with Crippen molar-refractivity contribution in [2.75, 3.05) is 6.54 Å².